The standard InChI is InChI=1S/C26H35N3O3/c1-16-10-21(30)11-17(2)22(16)13-23(27)24(31)29-15-19-9-7-6-8-18(19)12-20(29)14-28-25(32)26(3,4)5/h6-11,20,23,30H,12-15,27H2,1-5H3,(H,28,32)/t20-,23-/m0/s1. The number of phenolic OH excluding ortho intramolecular Hbond substituents is 1. The van der Waals surface area contributed by atoms with Gasteiger partial charge in [0.05, 0.1) is 12.1 Å². The Labute approximate surface area is 190 Å². The number of hydrogen-bond donors (Lipinski definition) is 3. The highest BCUT2D eigenvalue weighted by molar-refractivity contribution is 5.83. The Morgan fingerprint density at radius 3 is 2.34 bits per heavy atom. The molecule has 0 saturated carbocycles. The number of fused-ring (bicyclic) bond motifs is 1. The molecule has 0 spiro atoms. The SMILES string of the molecule is Cc1cc(O)cc(C)c1C[C@H](N)C(=O)N1Cc2ccccc2C[C@H]1CNC(=O)C(C)(C)C. The van der Waals surface area contributed by atoms with Crippen molar-refractivity contribution in [1.29, 1.82) is 0 Å². The van der Waals surface area contributed by atoms with Gasteiger partial charge in [-0.05, 0) is 66.6 Å². The van der Waals surface area contributed by atoms with Crippen molar-refractivity contribution in [3.63, 3.8) is 0 Å². The summed E-state index contributed by atoms with van der Waals surface area (Å²) in [7, 11) is 0. The topological polar surface area (TPSA) is 95.7 Å². The average Bonchev–Trinajstić information content (AvgIpc) is 2.72. The summed E-state index contributed by atoms with van der Waals surface area (Å²) < 4.78 is 0. The normalized spacial score (nSPS) is 16.9. The minimum Gasteiger partial charge on any atom is -0.508 e. The van der Waals surface area contributed by atoms with Gasteiger partial charge in [0.15, 0.2) is 0 Å². The molecule has 0 fully saturated rings. The fourth-order valence-electron chi connectivity index (χ4n) is 4.32. The van der Waals surface area contributed by atoms with E-state index in [0.717, 1.165) is 22.3 Å². The van der Waals surface area contributed by atoms with Crippen LogP contribution in [0.15, 0.2) is 36.4 Å². The number of nitrogens with one attached hydrogen (secondary N) is 1. The van der Waals surface area contributed by atoms with E-state index >= 15 is 0 Å². The summed E-state index contributed by atoms with van der Waals surface area (Å²) in [5, 5.41) is 12.8. The molecule has 3 rings (SSSR count). The molecular formula is C26H35N3O3. The van der Waals surface area contributed by atoms with Crippen molar-refractivity contribution >= 4 is 11.8 Å². The lowest BCUT2D eigenvalue weighted by atomic mass is 9.91. The maximum Gasteiger partial charge on any atom is 0.240 e. The molecule has 2 amide bonds. The summed E-state index contributed by atoms with van der Waals surface area (Å²) in [5.41, 5.74) is 11.1. The number of nitrogens with zero attached hydrogens (tertiary/aromatic N) is 1. The van der Waals surface area contributed by atoms with Crippen LogP contribution in [0.4, 0.5) is 0 Å². The summed E-state index contributed by atoms with van der Waals surface area (Å²) in [4.78, 5) is 27.8. The fourth-order valence-corrected chi connectivity index (χ4v) is 4.32. The van der Waals surface area contributed by atoms with Gasteiger partial charge in [-0.1, -0.05) is 45.0 Å². The first kappa shape index (κ1) is 23.8. The van der Waals surface area contributed by atoms with Gasteiger partial charge < -0.3 is 21.1 Å². The molecule has 1 aliphatic heterocycles. The summed E-state index contributed by atoms with van der Waals surface area (Å²) >= 11 is 0. The van der Waals surface area contributed by atoms with Gasteiger partial charge in [-0.15, -0.1) is 0 Å². The zero-order valence-corrected chi connectivity index (χ0v) is 19.7. The van der Waals surface area contributed by atoms with Crippen LogP contribution in [0.2, 0.25) is 0 Å². The van der Waals surface area contributed by atoms with Gasteiger partial charge in [0.2, 0.25) is 11.8 Å². The predicted octanol–water partition coefficient (Wildman–Crippen LogP) is 2.99. The predicted molar refractivity (Wildman–Crippen MR) is 126 cm³/mol. The summed E-state index contributed by atoms with van der Waals surface area (Å²) in [6.45, 7) is 10.3. The molecule has 0 radical (unpaired) electrons. The molecule has 32 heavy (non-hydrogen) atoms. The van der Waals surface area contributed by atoms with Crippen LogP contribution in [0.25, 0.3) is 0 Å². The largest absolute Gasteiger partial charge is 0.508 e. The van der Waals surface area contributed by atoms with Gasteiger partial charge >= 0.3 is 0 Å². The Hall–Kier alpha value is -2.86. The molecule has 2 aromatic carbocycles. The van der Waals surface area contributed by atoms with Crippen LogP contribution in [0.1, 0.15) is 48.6 Å². The Morgan fingerprint density at radius 1 is 1.16 bits per heavy atom. The Bertz CT molecular complexity index is 987. The van der Waals surface area contributed by atoms with Crippen LogP contribution < -0.4 is 11.1 Å². The third kappa shape index (κ3) is 5.30. The number of phenols is 1. The van der Waals surface area contributed by atoms with E-state index in [2.05, 4.69) is 11.4 Å². The van der Waals surface area contributed by atoms with Gasteiger partial charge in [0.1, 0.15) is 5.75 Å². The van der Waals surface area contributed by atoms with E-state index in [1.807, 2.05) is 57.7 Å². The number of aryl methyl sites for hydroxylation is 2. The monoisotopic (exact) mass is 437 g/mol. The lowest BCUT2D eigenvalue weighted by molar-refractivity contribution is -0.137. The molecule has 6 heteroatoms. The first-order valence-corrected chi connectivity index (χ1v) is 11.2. The van der Waals surface area contributed by atoms with E-state index in [1.54, 1.807) is 12.1 Å². The van der Waals surface area contributed by atoms with Gasteiger partial charge in [-0.3, -0.25) is 9.59 Å². The van der Waals surface area contributed by atoms with Crippen molar-refractivity contribution in [3.8, 4) is 5.75 Å². The van der Waals surface area contributed by atoms with E-state index in [0.29, 0.717) is 25.9 Å². The first-order chi connectivity index (χ1) is 15.0. The summed E-state index contributed by atoms with van der Waals surface area (Å²) in [5.74, 6) is 0.0516. The molecule has 0 aromatic heterocycles. The number of rotatable bonds is 5. The van der Waals surface area contributed by atoms with Gasteiger partial charge in [0.25, 0.3) is 0 Å². The van der Waals surface area contributed by atoms with Crippen molar-refractivity contribution in [2.45, 2.75) is 66.1 Å². The highest BCUT2D eigenvalue weighted by Gasteiger charge is 2.33. The number of nitrogens with two attached hydrogens (primary N) is 1. The summed E-state index contributed by atoms with van der Waals surface area (Å²) in [6.07, 6.45) is 1.08. The second-order valence-electron chi connectivity index (χ2n) is 9.92. The number of hydrogen-bond acceptors (Lipinski definition) is 4. The quantitative estimate of drug-likeness (QED) is 0.670. The Morgan fingerprint density at radius 2 is 1.75 bits per heavy atom. The van der Waals surface area contributed by atoms with Crippen LogP contribution in [0.3, 0.4) is 0 Å². The zero-order valence-electron chi connectivity index (χ0n) is 19.7. The van der Waals surface area contributed by atoms with Gasteiger partial charge in [0, 0.05) is 18.5 Å². The Kier molecular flexibility index (Phi) is 6.94. The van der Waals surface area contributed by atoms with Crippen molar-refractivity contribution in [2.75, 3.05) is 6.54 Å². The van der Waals surface area contributed by atoms with Crippen molar-refractivity contribution < 1.29 is 14.7 Å². The van der Waals surface area contributed by atoms with E-state index in [1.165, 1.54) is 5.56 Å². The van der Waals surface area contributed by atoms with E-state index < -0.39 is 11.5 Å². The smallest absolute Gasteiger partial charge is 0.240 e. The molecule has 1 aliphatic rings. The number of aromatic hydroxyl groups is 1. The van der Waals surface area contributed by atoms with Crippen molar-refractivity contribution in [1.82, 2.24) is 10.2 Å². The van der Waals surface area contributed by atoms with Crippen LogP contribution in [0.5, 0.6) is 5.75 Å². The average molecular weight is 438 g/mol. The van der Waals surface area contributed by atoms with Crippen LogP contribution in [-0.2, 0) is 29.0 Å². The maximum atomic E-state index is 13.5. The first-order valence-electron chi connectivity index (χ1n) is 11.2. The molecular weight excluding hydrogens is 402 g/mol. The number of benzene rings is 2. The minimum absolute atomic E-state index is 0.0385. The molecule has 2 aromatic rings. The lowest BCUT2D eigenvalue weighted by Crippen LogP contribution is -2.55. The number of carbonyl (C=O) groups is 2. The van der Waals surface area contributed by atoms with E-state index in [-0.39, 0.29) is 23.6 Å². The molecule has 6 nitrogen and oxygen atoms in total. The van der Waals surface area contributed by atoms with E-state index in [9.17, 15) is 14.7 Å². The molecule has 0 bridgehead atoms. The highest BCUT2D eigenvalue weighted by Crippen LogP contribution is 2.26. The van der Waals surface area contributed by atoms with Crippen LogP contribution >= 0.6 is 0 Å². The second-order valence-corrected chi connectivity index (χ2v) is 9.92. The van der Waals surface area contributed by atoms with Crippen molar-refractivity contribution in [3.05, 3.63) is 64.2 Å². The maximum absolute atomic E-state index is 13.5. The van der Waals surface area contributed by atoms with E-state index in [4.69, 9.17) is 5.73 Å². The third-order valence-corrected chi connectivity index (χ3v) is 6.24. The molecule has 0 saturated heterocycles. The summed E-state index contributed by atoms with van der Waals surface area (Å²) in [6, 6.07) is 10.6. The molecule has 4 N–H and O–H groups in total. The van der Waals surface area contributed by atoms with Crippen molar-refractivity contribution in [2.24, 2.45) is 11.1 Å². The molecule has 0 aliphatic carbocycles. The molecule has 0 unspecified atom stereocenters. The fraction of sp³-hybridized carbons (Fsp3) is 0.462. The second kappa shape index (κ2) is 9.33. The third-order valence-electron chi connectivity index (χ3n) is 6.24. The van der Waals surface area contributed by atoms with Crippen LogP contribution in [-0.4, -0.2) is 40.4 Å². The van der Waals surface area contributed by atoms with Gasteiger partial charge in [-0.2, -0.15) is 0 Å². The lowest BCUT2D eigenvalue weighted by Gasteiger charge is -2.39. The highest BCUT2D eigenvalue weighted by atomic mass is 16.3. The minimum atomic E-state index is -0.706. The molecule has 2 atom stereocenters. The number of carbonyl (C=O) groups excluding carboxylic acids is 2. The van der Waals surface area contributed by atoms with Gasteiger partial charge in [-0.25, -0.2) is 0 Å². The Balaban J connectivity index is 1.81. The number of amides is 2. The molecule has 1 heterocycles. The zero-order chi connectivity index (χ0) is 23.6. The molecule has 172 valence electrons. The van der Waals surface area contributed by atoms with Crippen LogP contribution in [0, 0.1) is 19.3 Å².